The maximum atomic E-state index is 11.0. The van der Waals surface area contributed by atoms with Gasteiger partial charge in [-0.2, -0.15) is 0 Å². The van der Waals surface area contributed by atoms with E-state index in [2.05, 4.69) is 9.97 Å². The second kappa shape index (κ2) is 2.65. The van der Waals surface area contributed by atoms with Crippen molar-refractivity contribution in [2.75, 3.05) is 0 Å². The number of rotatable bonds is 1. The Bertz CT molecular complexity index is 473. The van der Waals surface area contributed by atoms with Crippen molar-refractivity contribution in [1.29, 1.82) is 0 Å². The number of imidazole rings is 1. The molecule has 13 heavy (non-hydrogen) atoms. The van der Waals surface area contributed by atoms with Gasteiger partial charge in [0.05, 0.1) is 18.0 Å². The van der Waals surface area contributed by atoms with Crippen LogP contribution in [0.2, 0.25) is 0 Å². The summed E-state index contributed by atoms with van der Waals surface area (Å²) in [5.41, 5.74) is 2.23. The zero-order valence-electron chi connectivity index (χ0n) is 7.48. The molecule has 0 aliphatic rings. The molecule has 0 radical (unpaired) electrons. The van der Waals surface area contributed by atoms with Gasteiger partial charge in [-0.05, 0) is 6.07 Å². The Morgan fingerprint density at radius 3 is 2.92 bits per heavy atom. The standard InChI is InChI=1S/C9H9N3O/c1-6(13)7-3-9-8(4-10-7)11-5-12(9)2/h3-5H,1-2H3. The minimum absolute atomic E-state index is 0.0249. The average molecular weight is 175 g/mol. The van der Waals surface area contributed by atoms with Crippen LogP contribution < -0.4 is 0 Å². The van der Waals surface area contributed by atoms with Gasteiger partial charge in [-0.25, -0.2) is 4.98 Å². The summed E-state index contributed by atoms with van der Waals surface area (Å²) in [6, 6.07) is 1.75. The second-order valence-corrected chi connectivity index (χ2v) is 2.97. The lowest BCUT2D eigenvalue weighted by molar-refractivity contribution is 0.101. The Morgan fingerprint density at radius 1 is 1.46 bits per heavy atom. The van der Waals surface area contributed by atoms with Crippen LogP contribution in [-0.2, 0) is 7.05 Å². The molecular formula is C9H9N3O. The number of hydrogen-bond donors (Lipinski definition) is 0. The largest absolute Gasteiger partial charge is 0.334 e. The maximum Gasteiger partial charge on any atom is 0.178 e. The number of carbonyl (C=O) groups is 1. The van der Waals surface area contributed by atoms with E-state index in [4.69, 9.17) is 0 Å². The quantitative estimate of drug-likeness (QED) is 0.611. The number of aromatic nitrogens is 3. The van der Waals surface area contributed by atoms with E-state index in [1.807, 2.05) is 11.6 Å². The van der Waals surface area contributed by atoms with Crippen molar-refractivity contribution >= 4 is 16.8 Å². The normalized spacial score (nSPS) is 10.6. The SMILES string of the molecule is CC(=O)c1cc2c(cn1)ncn2C. The Morgan fingerprint density at radius 2 is 2.23 bits per heavy atom. The first-order chi connectivity index (χ1) is 6.18. The molecule has 0 atom stereocenters. The van der Waals surface area contributed by atoms with Gasteiger partial charge in [0.2, 0.25) is 0 Å². The fourth-order valence-electron chi connectivity index (χ4n) is 1.22. The van der Waals surface area contributed by atoms with E-state index in [-0.39, 0.29) is 5.78 Å². The van der Waals surface area contributed by atoms with E-state index in [0.717, 1.165) is 11.0 Å². The van der Waals surface area contributed by atoms with E-state index < -0.39 is 0 Å². The zero-order valence-corrected chi connectivity index (χ0v) is 7.48. The summed E-state index contributed by atoms with van der Waals surface area (Å²) in [7, 11) is 1.89. The molecule has 0 saturated carbocycles. The van der Waals surface area contributed by atoms with Gasteiger partial charge in [0, 0.05) is 14.0 Å². The first kappa shape index (κ1) is 7.91. The summed E-state index contributed by atoms with van der Waals surface area (Å²) >= 11 is 0. The molecule has 2 aromatic rings. The number of aryl methyl sites for hydroxylation is 1. The van der Waals surface area contributed by atoms with Gasteiger partial charge < -0.3 is 4.57 Å². The summed E-state index contributed by atoms with van der Waals surface area (Å²) in [5, 5.41) is 0. The monoisotopic (exact) mass is 175 g/mol. The molecule has 2 rings (SSSR count). The van der Waals surface area contributed by atoms with Crippen molar-refractivity contribution in [2.45, 2.75) is 6.92 Å². The first-order valence-corrected chi connectivity index (χ1v) is 3.96. The van der Waals surface area contributed by atoms with Crippen molar-refractivity contribution in [3.8, 4) is 0 Å². The number of hydrogen-bond acceptors (Lipinski definition) is 3. The summed E-state index contributed by atoms with van der Waals surface area (Å²) in [6.07, 6.45) is 3.32. The van der Waals surface area contributed by atoms with E-state index in [0.29, 0.717) is 5.69 Å². The average Bonchev–Trinajstić information content (AvgIpc) is 2.47. The molecule has 0 unspecified atom stereocenters. The van der Waals surface area contributed by atoms with Crippen LogP contribution in [0.5, 0.6) is 0 Å². The number of ketones is 1. The molecule has 2 heterocycles. The van der Waals surface area contributed by atoms with Gasteiger partial charge in [-0.15, -0.1) is 0 Å². The molecule has 0 aliphatic heterocycles. The third-order valence-corrected chi connectivity index (χ3v) is 1.97. The van der Waals surface area contributed by atoms with Crippen LogP contribution in [0.1, 0.15) is 17.4 Å². The van der Waals surface area contributed by atoms with Crippen molar-refractivity contribution < 1.29 is 4.79 Å². The first-order valence-electron chi connectivity index (χ1n) is 3.96. The Hall–Kier alpha value is -1.71. The Kier molecular flexibility index (Phi) is 1.62. The fourth-order valence-corrected chi connectivity index (χ4v) is 1.22. The molecule has 0 saturated heterocycles. The Labute approximate surface area is 75.2 Å². The molecule has 4 nitrogen and oxygen atoms in total. The van der Waals surface area contributed by atoms with E-state index >= 15 is 0 Å². The highest BCUT2D eigenvalue weighted by molar-refractivity contribution is 5.94. The second-order valence-electron chi connectivity index (χ2n) is 2.97. The lowest BCUT2D eigenvalue weighted by Crippen LogP contribution is -1.96. The predicted octanol–water partition coefficient (Wildman–Crippen LogP) is 1.17. The van der Waals surface area contributed by atoms with Gasteiger partial charge in [0.15, 0.2) is 5.78 Å². The summed E-state index contributed by atoms with van der Waals surface area (Å²) in [6.45, 7) is 1.50. The number of carbonyl (C=O) groups excluding carboxylic acids is 1. The van der Waals surface area contributed by atoms with E-state index in [1.165, 1.54) is 6.92 Å². The molecule has 0 aromatic carbocycles. The van der Waals surface area contributed by atoms with E-state index in [1.54, 1.807) is 18.6 Å². The number of nitrogens with zero attached hydrogens (tertiary/aromatic N) is 3. The third-order valence-electron chi connectivity index (χ3n) is 1.97. The molecule has 0 N–H and O–H groups in total. The van der Waals surface area contributed by atoms with Crippen LogP contribution in [0.3, 0.4) is 0 Å². The lowest BCUT2D eigenvalue weighted by atomic mass is 10.2. The zero-order chi connectivity index (χ0) is 9.42. The van der Waals surface area contributed by atoms with Crippen LogP contribution in [0.15, 0.2) is 18.6 Å². The molecule has 0 spiro atoms. The molecule has 0 bridgehead atoms. The van der Waals surface area contributed by atoms with Crippen molar-refractivity contribution in [3.63, 3.8) is 0 Å². The molecule has 2 aromatic heterocycles. The molecule has 4 heteroatoms. The van der Waals surface area contributed by atoms with Gasteiger partial charge in [-0.3, -0.25) is 9.78 Å². The van der Waals surface area contributed by atoms with Crippen LogP contribution >= 0.6 is 0 Å². The summed E-state index contributed by atoms with van der Waals surface area (Å²) in [5.74, 6) is -0.0249. The minimum Gasteiger partial charge on any atom is -0.334 e. The summed E-state index contributed by atoms with van der Waals surface area (Å²) < 4.78 is 1.86. The maximum absolute atomic E-state index is 11.0. The van der Waals surface area contributed by atoms with Crippen LogP contribution in [0, 0.1) is 0 Å². The van der Waals surface area contributed by atoms with E-state index in [9.17, 15) is 4.79 Å². The van der Waals surface area contributed by atoms with Crippen molar-refractivity contribution in [3.05, 3.63) is 24.3 Å². The third kappa shape index (κ3) is 1.20. The number of pyridine rings is 1. The van der Waals surface area contributed by atoms with Crippen molar-refractivity contribution in [1.82, 2.24) is 14.5 Å². The van der Waals surface area contributed by atoms with Gasteiger partial charge in [-0.1, -0.05) is 0 Å². The predicted molar refractivity (Wildman–Crippen MR) is 48.5 cm³/mol. The fraction of sp³-hybridized carbons (Fsp3) is 0.222. The molecule has 0 amide bonds. The van der Waals surface area contributed by atoms with Gasteiger partial charge in [0.1, 0.15) is 11.2 Å². The van der Waals surface area contributed by atoms with Gasteiger partial charge in [0.25, 0.3) is 0 Å². The summed E-state index contributed by atoms with van der Waals surface area (Å²) in [4.78, 5) is 19.1. The molecular weight excluding hydrogens is 166 g/mol. The molecule has 0 fully saturated rings. The van der Waals surface area contributed by atoms with Gasteiger partial charge >= 0.3 is 0 Å². The molecule has 0 aliphatic carbocycles. The minimum atomic E-state index is -0.0249. The highest BCUT2D eigenvalue weighted by atomic mass is 16.1. The topological polar surface area (TPSA) is 47.8 Å². The number of fused-ring (bicyclic) bond motifs is 1. The number of Topliss-reactive ketones (excluding diaryl/α,β-unsaturated/α-hetero) is 1. The van der Waals surface area contributed by atoms with Crippen molar-refractivity contribution in [2.24, 2.45) is 7.05 Å². The van der Waals surface area contributed by atoms with Crippen LogP contribution in [-0.4, -0.2) is 20.3 Å². The Balaban J connectivity index is 2.72. The lowest BCUT2D eigenvalue weighted by Gasteiger charge is -1.96. The highest BCUT2D eigenvalue weighted by Crippen LogP contribution is 2.11. The molecule has 66 valence electrons. The smallest absolute Gasteiger partial charge is 0.178 e. The van der Waals surface area contributed by atoms with Crippen LogP contribution in [0.25, 0.3) is 11.0 Å². The highest BCUT2D eigenvalue weighted by Gasteiger charge is 2.04. The van der Waals surface area contributed by atoms with Crippen LogP contribution in [0.4, 0.5) is 0 Å².